The summed E-state index contributed by atoms with van der Waals surface area (Å²) in [4.78, 5) is 32.3. The second kappa shape index (κ2) is 8.11. The summed E-state index contributed by atoms with van der Waals surface area (Å²) in [6, 6.07) is 9.47. The summed E-state index contributed by atoms with van der Waals surface area (Å²) in [5, 5.41) is 2.82. The van der Waals surface area contributed by atoms with E-state index in [-0.39, 0.29) is 11.8 Å². The van der Waals surface area contributed by atoms with Crippen LogP contribution in [-0.4, -0.2) is 39.8 Å². The SMILES string of the molecule is NC(=O)N1CCCC(C(=O)N(Cc2ccccc2)Cc2nccs2)C1. The second-order valence-electron chi connectivity index (χ2n) is 6.23. The summed E-state index contributed by atoms with van der Waals surface area (Å²) in [7, 11) is 0. The Bertz CT molecular complexity index is 705. The minimum absolute atomic E-state index is 0.0602. The molecule has 1 aromatic heterocycles. The smallest absolute Gasteiger partial charge is 0.314 e. The summed E-state index contributed by atoms with van der Waals surface area (Å²) in [5.74, 6) is -0.144. The first-order chi connectivity index (χ1) is 12.1. The van der Waals surface area contributed by atoms with Crippen molar-refractivity contribution in [2.45, 2.75) is 25.9 Å². The largest absolute Gasteiger partial charge is 0.351 e. The van der Waals surface area contributed by atoms with E-state index in [1.54, 1.807) is 22.4 Å². The van der Waals surface area contributed by atoms with E-state index in [0.29, 0.717) is 26.2 Å². The number of thiazole rings is 1. The fourth-order valence-corrected chi connectivity index (χ4v) is 3.78. The van der Waals surface area contributed by atoms with Gasteiger partial charge < -0.3 is 15.5 Å². The highest BCUT2D eigenvalue weighted by atomic mass is 32.1. The number of nitrogens with two attached hydrogens (primary N) is 1. The first-order valence-corrected chi connectivity index (χ1v) is 9.27. The Balaban J connectivity index is 1.75. The molecule has 0 bridgehead atoms. The molecule has 1 aliphatic heterocycles. The van der Waals surface area contributed by atoms with E-state index < -0.39 is 6.03 Å². The number of rotatable bonds is 5. The number of nitrogens with zero attached hydrogens (tertiary/aromatic N) is 3. The number of likely N-dealkylation sites (tertiary alicyclic amines) is 1. The number of urea groups is 1. The molecule has 1 fully saturated rings. The van der Waals surface area contributed by atoms with Gasteiger partial charge in [-0.3, -0.25) is 4.79 Å². The number of primary amides is 1. The molecule has 0 aliphatic carbocycles. The zero-order valence-electron chi connectivity index (χ0n) is 14.0. The van der Waals surface area contributed by atoms with Gasteiger partial charge in [-0.15, -0.1) is 11.3 Å². The van der Waals surface area contributed by atoms with Gasteiger partial charge in [0.25, 0.3) is 0 Å². The van der Waals surface area contributed by atoms with Crippen LogP contribution in [0.25, 0.3) is 0 Å². The number of carbonyl (C=O) groups is 2. The lowest BCUT2D eigenvalue weighted by Crippen LogP contribution is -2.48. The van der Waals surface area contributed by atoms with Crippen LogP contribution in [0.3, 0.4) is 0 Å². The fourth-order valence-electron chi connectivity index (χ4n) is 3.15. The number of aromatic nitrogens is 1. The van der Waals surface area contributed by atoms with Gasteiger partial charge in [0.1, 0.15) is 5.01 Å². The van der Waals surface area contributed by atoms with Crippen molar-refractivity contribution in [3.63, 3.8) is 0 Å². The Morgan fingerprint density at radius 2 is 2.08 bits per heavy atom. The Kier molecular flexibility index (Phi) is 5.65. The molecule has 1 atom stereocenters. The van der Waals surface area contributed by atoms with Crippen molar-refractivity contribution in [1.82, 2.24) is 14.8 Å². The average Bonchev–Trinajstić information content (AvgIpc) is 3.14. The van der Waals surface area contributed by atoms with Gasteiger partial charge >= 0.3 is 6.03 Å². The summed E-state index contributed by atoms with van der Waals surface area (Å²) in [6.45, 7) is 2.05. The molecule has 3 rings (SSSR count). The molecule has 2 aromatic rings. The van der Waals surface area contributed by atoms with Crippen molar-refractivity contribution >= 4 is 23.3 Å². The number of amides is 3. The van der Waals surface area contributed by atoms with Crippen molar-refractivity contribution in [3.05, 3.63) is 52.5 Å². The van der Waals surface area contributed by atoms with Gasteiger partial charge in [-0.25, -0.2) is 9.78 Å². The van der Waals surface area contributed by atoms with Crippen LogP contribution in [0.4, 0.5) is 4.79 Å². The Hall–Kier alpha value is -2.41. The van der Waals surface area contributed by atoms with Gasteiger partial charge in [0.2, 0.25) is 5.91 Å². The molecule has 0 saturated carbocycles. The molecule has 2 N–H and O–H groups in total. The van der Waals surface area contributed by atoms with Gasteiger partial charge in [0, 0.05) is 31.2 Å². The van der Waals surface area contributed by atoms with Crippen LogP contribution >= 0.6 is 11.3 Å². The van der Waals surface area contributed by atoms with E-state index in [1.165, 1.54) is 0 Å². The highest BCUT2D eigenvalue weighted by Gasteiger charge is 2.31. The lowest BCUT2D eigenvalue weighted by molar-refractivity contribution is -0.138. The van der Waals surface area contributed by atoms with Crippen LogP contribution in [0.15, 0.2) is 41.9 Å². The summed E-state index contributed by atoms with van der Waals surface area (Å²) in [5.41, 5.74) is 6.47. The molecular weight excluding hydrogens is 336 g/mol. The van der Waals surface area contributed by atoms with E-state index in [0.717, 1.165) is 23.4 Å². The number of carbonyl (C=O) groups excluding carboxylic acids is 2. The van der Waals surface area contributed by atoms with Crippen molar-refractivity contribution in [2.24, 2.45) is 11.7 Å². The Morgan fingerprint density at radius 3 is 2.76 bits per heavy atom. The van der Waals surface area contributed by atoms with Crippen LogP contribution in [0.1, 0.15) is 23.4 Å². The third-order valence-electron chi connectivity index (χ3n) is 4.42. The average molecular weight is 358 g/mol. The minimum Gasteiger partial charge on any atom is -0.351 e. The number of hydrogen-bond acceptors (Lipinski definition) is 4. The lowest BCUT2D eigenvalue weighted by atomic mass is 9.96. The molecule has 1 unspecified atom stereocenters. The van der Waals surface area contributed by atoms with E-state index in [2.05, 4.69) is 4.98 Å². The minimum atomic E-state index is -0.452. The van der Waals surface area contributed by atoms with Crippen LogP contribution in [-0.2, 0) is 17.9 Å². The normalized spacial score (nSPS) is 17.3. The van der Waals surface area contributed by atoms with E-state index in [1.807, 2.05) is 40.6 Å². The van der Waals surface area contributed by atoms with Crippen molar-refractivity contribution in [2.75, 3.05) is 13.1 Å². The summed E-state index contributed by atoms with van der Waals surface area (Å²) < 4.78 is 0. The molecule has 6 nitrogen and oxygen atoms in total. The highest BCUT2D eigenvalue weighted by molar-refractivity contribution is 7.09. The second-order valence-corrected chi connectivity index (χ2v) is 7.21. The van der Waals surface area contributed by atoms with Crippen LogP contribution in [0.2, 0.25) is 0 Å². The van der Waals surface area contributed by atoms with Crippen LogP contribution < -0.4 is 5.73 Å². The summed E-state index contributed by atoms with van der Waals surface area (Å²) in [6.07, 6.45) is 3.34. The first kappa shape index (κ1) is 17.4. The number of hydrogen-bond donors (Lipinski definition) is 1. The van der Waals surface area contributed by atoms with Crippen molar-refractivity contribution < 1.29 is 9.59 Å². The standard InChI is InChI=1S/C18H22N4O2S/c19-18(24)21-9-4-7-15(12-21)17(23)22(13-16-20-8-10-25-16)11-14-5-2-1-3-6-14/h1-3,5-6,8,10,15H,4,7,9,11-13H2,(H2,19,24). The molecule has 3 amide bonds. The molecule has 0 radical (unpaired) electrons. The lowest BCUT2D eigenvalue weighted by Gasteiger charge is -2.34. The maximum absolute atomic E-state index is 13.1. The third-order valence-corrected chi connectivity index (χ3v) is 5.18. The molecule has 25 heavy (non-hydrogen) atoms. The zero-order chi connectivity index (χ0) is 17.6. The van der Waals surface area contributed by atoms with E-state index in [4.69, 9.17) is 5.73 Å². The number of benzene rings is 1. The Morgan fingerprint density at radius 1 is 1.28 bits per heavy atom. The molecule has 7 heteroatoms. The zero-order valence-corrected chi connectivity index (χ0v) is 14.8. The molecular formula is C18H22N4O2S. The summed E-state index contributed by atoms with van der Waals surface area (Å²) >= 11 is 1.54. The first-order valence-electron chi connectivity index (χ1n) is 8.39. The van der Waals surface area contributed by atoms with Gasteiger partial charge in [-0.1, -0.05) is 30.3 Å². The third kappa shape index (κ3) is 4.57. The Labute approximate surface area is 151 Å². The molecule has 1 aliphatic rings. The van der Waals surface area contributed by atoms with Gasteiger partial charge in [-0.2, -0.15) is 0 Å². The predicted octanol–water partition coefficient (Wildman–Crippen LogP) is 2.46. The van der Waals surface area contributed by atoms with E-state index in [9.17, 15) is 9.59 Å². The molecule has 132 valence electrons. The van der Waals surface area contributed by atoms with Crippen LogP contribution in [0.5, 0.6) is 0 Å². The topological polar surface area (TPSA) is 79.5 Å². The highest BCUT2D eigenvalue weighted by Crippen LogP contribution is 2.22. The fraction of sp³-hybridized carbons (Fsp3) is 0.389. The monoisotopic (exact) mass is 358 g/mol. The van der Waals surface area contributed by atoms with Gasteiger partial charge in [0.05, 0.1) is 12.5 Å². The number of piperidine rings is 1. The van der Waals surface area contributed by atoms with Crippen molar-refractivity contribution in [1.29, 1.82) is 0 Å². The van der Waals surface area contributed by atoms with Gasteiger partial charge in [0.15, 0.2) is 0 Å². The maximum atomic E-state index is 13.1. The molecule has 1 saturated heterocycles. The van der Waals surface area contributed by atoms with E-state index >= 15 is 0 Å². The predicted molar refractivity (Wildman–Crippen MR) is 96.7 cm³/mol. The maximum Gasteiger partial charge on any atom is 0.314 e. The van der Waals surface area contributed by atoms with Gasteiger partial charge in [-0.05, 0) is 18.4 Å². The molecule has 1 aromatic carbocycles. The van der Waals surface area contributed by atoms with Crippen molar-refractivity contribution in [3.8, 4) is 0 Å². The quantitative estimate of drug-likeness (QED) is 0.892. The molecule has 2 heterocycles. The molecule has 0 spiro atoms. The van der Waals surface area contributed by atoms with Crippen LogP contribution in [0, 0.1) is 5.92 Å².